The maximum Gasteiger partial charge on any atom is 0.228 e. The zero-order valence-corrected chi connectivity index (χ0v) is 30.8. The molecule has 0 heterocycles. The molecule has 0 bridgehead atoms. The molecule has 0 unspecified atom stereocenters. The summed E-state index contributed by atoms with van der Waals surface area (Å²) in [6.07, 6.45) is 0.516. The van der Waals surface area contributed by atoms with Crippen LogP contribution < -0.4 is 29.9 Å². The summed E-state index contributed by atoms with van der Waals surface area (Å²) in [7, 11) is 0. The molecule has 0 fully saturated rings. The number of ether oxygens (including phenoxy) is 2. The molecular formula is C38H42Cl4N4O4. The first-order chi connectivity index (χ1) is 24.4. The average molecular weight is 761 g/mol. The fraction of sp³-hybridized carbons (Fsp3) is 0.316. The number of nitrogens with one attached hydrogen (secondary N) is 2. The Balaban J connectivity index is 1.14. The van der Waals surface area contributed by atoms with E-state index in [0.29, 0.717) is 85.8 Å². The lowest BCUT2D eigenvalue weighted by Gasteiger charge is -2.23. The van der Waals surface area contributed by atoms with Crippen molar-refractivity contribution in [2.75, 3.05) is 83.3 Å². The minimum atomic E-state index is -0.108. The van der Waals surface area contributed by atoms with Crippen molar-refractivity contribution in [3.05, 3.63) is 108 Å². The zero-order valence-electron chi connectivity index (χ0n) is 27.8. The van der Waals surface area contributed by atoms with Gasteiger partial charge in [0.15, 0.2) is 0 Å². The summed E-state index contributed by atoms with van der Waals surface area (Å²) in [4.78, 5) is 29.5. The SMILES string of the molecule is O=C(Cc1ccc(N(CCCl)CCCl)cc1)Nc1ccc(OCCOc2ccc(NC(=O)Cc3ccc(N(CCCl)CCCl)cc3)cc2)cc1. The van der Waals surface area contributed by atoms with Crippen molar-refractivity contribution >= 4 is 81.0 Å². The molecule has 0 radical (unpaired) electrons. The second kappa shape index (κ2) is 21.4. The highest BCUT2D eigenvalue weighted by atomic mass is 35.5. The van der Waals surface area contributed by atoms with Gasteiger partial charge in [0.1, 0.15) is 24.7 Å². The van der Waals surface area contributed by atoms with Crippen LogP contribution in [0.15, 0.2) is 97.1 Å². The molecule has 0 spiro atoms. The summed E-state index contributed by atoms with van der Waals surface area (Å²) in [5.74, 6) is 3.17. The molecule has 0 aromatic heterocycles. The maximum atomic E-state index is 12.6. The number of carbonyl (C=O) groups excluding carboxylic acids is 2. The van der Waals surface area contributed by atoms with Crippen molar-refractivity contribution in [1.29, 1.82) is 0 Å². The number of rotatable bonds is 21. The third-order valence-electron chi connectivity index (χ3n) is 7.65. The minimum Gasteiger partial charge on any atom is -0.490 e. The van der Waals surface area contributed by atoms with Gasteiger partial charge < -0.3 is 29.9 Å². The number of anilines is 4. The molecule has 0 aliphatic carbocycles. The Bertz CT molecular complexity index is 1460. The number of amides is 2. The van der Waals surface area contributed by atoms with E-state index >= 15 is 0 Å². The Hall–Kier alpha value is -3.82. The van der Waals surface area contributed by atoms with Crippen LogP contribution in [0.25, 0.3) is 0 Å². The fourth-order valence-electron chi connectivity index (χ4n) is 5.17. The molecule has 266 valence electrons. The number of hydrogen-bond acceptors (Lipinski definition) is 6. The van der Waals surface area contributed by atoms with Crippen LogP contribution in [0.5, 0.6) is 11.5 Å². The van der Waals surface area contributed by atoms with Gasteiger partial charge in [-0.3, -0.25) is 9.59 Å². The highest BCUT2D eigenvalue weighted by Crippen LogP contribution is 2.20. The first-order valence-electron chi connectivity index (χ1n) is 16.4. The standard InChI is InChI=1S/C38H42Cl4N4O4/c39-17-21-45(22-18-40)33-9-1-29(2-10-33)27-37(47)43-31-5-13-35(14-6-31)49-25-26-50-36-15-7-32(8-16-36)44-38(48)28-30-3-11-34(12-4-30)46(23-19-41)24-20-42/h1-16H,17-28H2,(H,43,47)(H,44,48). The van der Waals surface area contributed by atoms with Crippen molar-refractivity contribution in [2.45, 2.75) is 12.8 Å². The van der Waals surface area contributed by atoms with E-state index in [9.17, 15) is 9.59 Å². The molecule has 0 aliphatic heterocycles. The number of hydrogen-bond donors (Lipinski definition) is 2. The maximum absolute atomic E-state index is 12.6. The van der Waals surface area contributed by atoms with Crippen LogP contribution in [0.4, 0.5) is 22.7 Å². The van der Waals surface area contributed by atoms with E-state index in [1.165, 1.54) is 0 Å². The molecule has 0 saturated heterocycles. The van der Waals surface area contributed by atoms with Crippen LogP contribution >= 0.6 is 46.4 Å². The first-order valence-corrected chi connectivity index (χ1v) is 18.5. The van der Waals surface area contributed by atoms with E-state index in [4.69, 9.17) is 55.9 Å². The van der Waals surface area contributed by atoms with Crippen LogP contribution in [0, 0.1) is 0 Å². The Morgan fingerprint density at radius 1 is 0.480 bits per heavy atom. The van der Waals surface area contributed by atoms with E-state index in [-0.39, 0.29) is 24.7 Å². The summed E-state index contributed by atoms with van der Waals surface area (Å²) in [6.45, 7) is 3.51. The molecule has 50 heavy (non-hydrogen) atoms. The van der Waals surface area contributed by atoms with E-state index in [2.05, 4.69) is 20.4 Å². The van der Waals surface area contributed by atoms with Crippen molar-refractivity contribution in [3.63, 3.8) is 0 Å². The smallest absolute Gasteiger partial charge is 0.228 e. The van der Waals surface area contributed by atoms with Gasteiger partial charge in [0, 0.05) is 72.4 Å². The summed E-state index contributed by atoms with van der Waals surface area (Å²) >= 11 is 23.6. The van der Waals surface area contributed by atoms with E-state index in [0.717, 1.165) is 22.5 Å². The Morgan fingerprint density at radius 3 is 1.10 bits per heavy atom. The average Bonchev–Trinajstić information content (AvgIpc) is 3.12. The molecule has 4 aromatic rings. The van der Waals surface area contributed by atoms with Gasteiger partial charge in [-0.25, -0.2) is 0 Å². The molecule has 2 amide bonds. The molecule has 8 nitrogen and oxygen atoms in total. The topological polar surface area (TPSA) is 83.1 Å². The highest BCUT2D eigenvalue weighted by molar-refractivity contribution is 6.19. The molecule has 0 saturated carbocycles. The summed E-state index contributed by atoms with van der Waals surface area (Å²) in [5, 5.41) is 5.85. The fourth-order valence-corrected chi connectivity index (χ4v) is 5.98. The predicted octanol–water partition coefficient (Wildman–Crippen LogP) is 8.07. The van der Waals surface area contributed by atoms with Gasteiger partial charge in [-0.1, -0.05) is 24.3 Å². The van der Waals surface area contributed by atoms with Gasteiger partial charge >= 0.3 is 0 Å². The summed E-state index contributed by atoms with van der Waals surface area (Å²) < 4.78 is 11.6. The Labute approximate surface area is 314 Å². The third kappa shape index (κ3) is 13.1. The van der Waals surface area contributed by atoms with E-state index in [1.807, 2.05) is 48.5 Å². The lowest BCUT2D eigenvalue weighted by molar-refractivity contribution is -0.116. The second-order valence-electron chi connectivity index (χ2n) is 11.3. The Kier molecular flexibility index (Phi) is 16.7. The molecular weight excluding hydrogens is 718 g/mol. The largest absolute Gasteiger partial charge is 0.490 e. The van der Waals surface area contributed by atoms with Gasteiger partial charge in [0.2, 0.25) is 11.8 Å². The monoisotopic (exact) mass is 758 g/mol. The van der Waals surface area contributed by atoms with E-state index < -0.39 is 0 Å². The van der Waals surface area contributed by atoms with Crippen molar-refractivity contribution in [2.24, 2.45) is 0 Å². The zero-order chi connectivity index (χ0) is 35.6. The number of nitrogens with zero attached hydrogens (tertiary/aromatic N) is 2. The van der Waals surface area contributed by atoms with Gasteiger partial charge in [-0.2, -0.15) is 0 Å². The van der Waals surface area contributed by atoms with Crippen LogP contribution in [0.2, 0.25) is 0 Å². The lowest BCUT2D eigenvalue weighted by atomic mass is 10.1. The molecule has 4 aromatic carbocycles. The summed E-state index contributed by atoms with van der Waals surface area (Å²) in [6, 6.07) is 30.1. The number of carbonyl (C=O) groups is 2. The molecule has 4 rings (SSSR count). The van der Waals surface area contributed by atoms with Crippen molar-refractivity contribution < 1.29 is 19.1 Å². The quantitative estimate of drug-likeness (QED) is 0.0661. The normalized spacial score (nSPS) is 10.7. The first kappa shape index (κ1) is 39.0. The number of benzene rings is 4. The predicted molar refractivity (Wildman–Crippen MR) is 209 cm³/mol. The van der Waals surface area contributed by atoms with Crippen LogP contribution in [0.3, 0.4) is 0 Å². The van der Waals surface area contributed by atoms with Gasteiger partial charge in [0.05, 0.1) is 12.8 Å². The van der Waals surface area contributed by atoms with Crippen LogP contribution in [0.1, 0.15) is 11.1 Å². The van der Waals surface area contributed by atoms with Crippen molar-refractivity contribution in [3.8, 4) is 11.5 Å². The highest BCUT2D eigenvalue weighted by Gasteiger charge is 2.10. The summed E-state index contributed by atoms with van der Waals surface area (Å²) in [5.41, 5.74) is 5.24. The van der Waals surface area contributed by atoms with Gasteiger partial charge in [0.25, 0.3) is 0 Å². The molecule has 0 atom stereocenters. The Morgan fingerprint density at radius 2 is 0.800 bits per heavy atom. The lowest BCUT2D eigenvalue weighted by Crippen LogP contribution is -2.27. The molecule has 2 N–H and O–H groups in total. The molecule has 0 aliphatic rings. The van der Waals surface area contributed by atoms with Gasteiger partial charge in [-0.15, -0.1) is 46.4 Å². The van der Waals surface area contributed by atoms with Crippen LogP contribution in [-0.2, 0) is 22.4 Å². The molecule has 12 heteroatoms. The second-order valence-corrected chi connectivity index (χ2v) is 12.8. The number of halogens is 4. The van der Waals surface area contributed by atoms with Crippen LogP contribution in [-0.4, -0.2) is 74.7 Å². The van der Waals surface area contributed by atoms with Gasteiger partial charge in [-0.05, 0) is 83.9 Å². The third-order valence-corrected chi connectivity index (χ3v) is 8.32. The number of alkyl halides is 4. The minimum absolute atomic E-state index is 0.108. The van der Waals surface area contributed by atoms with Crippen molar-refractivity contribution in [1.82, 2.24) is 0 Å². The van der Waals surface area contributed by atoms with E-state index in [1.54, 1.807) is 48.5 Å².